The molecule has 0 saturated carbocycles. The number of methoxy groups -OCH3 is 1. The summed E-state index contributed by atoms with van der Waals surface area (Å²) in [5.41, 5.74) is 4.36. The van der Waals surface area contributed by atoms with E-state index in [-0.39, 0.29) is 11.7 Å². The minimum atomic E-state index is -0.303. The predicted molar refractivity (Wildman–Crippen MR) is 121 cm³/mol. The van der Waals surface area contributed by atoms with E-state index in [0.29, 0.717) is 30.8 Å². The van der Waals surface area contributed by atoms with Gasteiger partial charge in [0.2, 0.25) is 5.91 Å². The number of fused-ring (bicyclic) bond motifs is 1. The number of anilines is 1. The topological polar surface area (TPSA) is 54.5 Å². The molecule has 31 heavy (non-hydrogen) atoms. The van der Waals surface area contributed by atoms with Crippen molar-refractivity contribution in [3.8, 4) is 5.75 Å². The third-order valence-corrected chi connectivity index (χ3v) is 5.66. The highest BCUT2D eigenvalue weighted by Gasteiger charge is 2.19. The van der Waals surface area contributed by atoms with E-state index in [9.17, 15) is 9.18 Å². The van der Waals surface area contributed by atoms with Crippen molar-refractivity contribution < 1.29 is 13.9 Å². The number of carbonyl (C=O) groups excluding carboxylic acids is 1. The lowest BCUT2D eigenvalue weighted by Gasteiger charge is -2.19. The van der Waals surface area contributed by atoms with Crippen LogP contribution in [0.25, 0.3) is 11.6 Å². The third kappa shape index (κ3) is 4.68. The first-order valence-corrected chi connectivity index (χ1v) is 10.5. The molecule has 160 valence electrons. The molecule has 0 spiro atoms. The van der Waals surface area contributed by atoms with Gasteiger partial charge in [0.25, 0.3) is 0 Å². The van der Waals surface area contributed by atoms with Crippen molar-refractivity contribution in [1.29, 1.82) is 0 Å². The fraction of sp³-hybridized carbons (Fsp3) is 0.280. The Kier molecular flexibility index (Phi) is 6.16. The number of amides is 1. The van der Waals surface area contributed by atoms with Gasteiger partial charge in [-0.1, -0.05) is 18.7 Å². The van der Waals surface area contributed by atoms with Gasteiger partial charge in [0.05, 0.1) is 12.7 Å². The van der Waals surface area contributed by atoms with Crippen LogP contribution >= 0.6 is 0 Å². The van der Waals surface area contributed by atoms with E-state index in [2.05, 4.69) is 22.9 Å². The summed E-state index contributed by atoms with van der Waals surface area (Å²) in [6.45, 7) is 5.00. The van der Waals surface area contributed by atoms with Gasteiger partial charge in [-0.25, -0.2) is 9.37 Å². The molecule has 0 fully saturated rings. The Hall–Kier alpha value is -3.41. The van der Waals surface area contributed by atoms with Crippen LogP contribution in [-0.2, 0) is 11.2 Å². The van der Waals surface area contributed by atoms with Crippen LogP contribution in [0.15, 0.2) is 54.9 Å². The number of benzene rings is 1. The van der Waals surface area contributed by atoms with Crippen LogP contribution in [0, 0.1) is 5.82 Å². The molecule has 1 N–H and O–H groups in total. The lowest BCUT2D eigenvalue weighted by molar-refractivity contribution is -0.125. The smallest absolute Gasteiger partial charge is 0.246 e. The van der Waals surface area contributed by atoms with Gasteiger partial charge in [0.1, 0.15) is 17.4 Å². The fourth-order valence-corrected chi connectivity index (χ4v) is 4.00. The molecule has 3 heterocycles. The van der Waals surface area contributed by atoms with Gasteiger partial charge in [-0.05, 0) is 66.7 Å². The van der Waals surface area contributed by atoms with Crippen molar-refractivity contribution in [2.45, 2.75) is 25.7 Å². The van der Waals surface area contributed by atoms with Crippen LogP contribution in [0.4, 0.5) is 10.2 Å². The zero-order chi connectivity index (χ0) is 21.8. The highest BCUT2D eigenvalue weighted by atomic mass is 19.1. The number of halogens is 1. The molecular formula is C25H26FN3O2. The molecule has 0 saturated heterocycles. The van der Waals surface area contributed by atoms with E-state index in [1.165, 1.54) is 13.2 Å². The first kappa shape index (κ1) is 20.8. The Bertz CT molecular complexity index is 1070. The summed E-state index contributed by atoms with van der Waals surface area (Å²) < 4.78 is 19.8. The van der Waals surface area contributed by atoms with Crippen LogP contribution in [0.1, 0.15) is 36.0 Å². The first-order valence-electron chi connectivity index (χ1n) is 10.5. The molecule has 1 aromatic heterocycles. The van der Waals surface area contributed by atoms with Crippen molar-refractivity contribution in [2.75, 3.05) is 25.5 Å². The third-order valence-electron chi connectivity index (χ3n) is 5.66. The maximum atomic E-state index is 14.4. The summed E-state index contributed by atoms with van der Waals surface area (Å²) in [4.78, 5) is 19.0. The largest absolute Gasteiger partial charge is 0.496 e. The quantitative estimate of drug-likeness (QED) is 0.722. The van der Waals surface area contributed by atoms with Gasteiger partial charge >= 0.3 is 0 Å². The number of pyridine rings is 1. The summed E-state index contributed by atoms with van der Waals surface area (Å²) >= 11 is 0. The number of hydrogen-bond acceptors (Lipinski definition) is 4. The molecular weight excluding hydrogens is 393 g/mol. The Morgan fingerprint density at radius 3 is 3.03 bits per heavy atom. The summed E-state index contributed by atoms with van der Waals surface area (Å²) in [5, 5.41) is 3.19. The van der Waals surface area contributed by atoms with Crippen molar-refractivity contribution in [1.82, 2.24) is 9.88 Å². The second-order valence-corrected chi connectivity index (χ2v) is 7.77. The maximum Gasteiger partial charge on any atom is 0.246 e. The van der Waals surface area contributed by atoms with Gasteiger partial charge in [-0.3, -0.25) is 4.79 Å². The number of carbonyl (C=O) groups is 1. The SMILES string of the molecule is C=C1CCc2cc(/C=C/C(=O)N3CC=C(c4c(F)cccc4OC)CCC3)cnc2N1. The second kappa shape index (κ2) is 9.16. The van der Waals surface area contributed by atoms with Crippen LogP contribution in [0.3, 0.4) is 0 Å². The predicted octanol–water partition coefficient (Wildman–Crippen LogP) is 4.82. The number of aromatic nitrogens is 1. The van der Waals surface area contributed by atoms with Gasteiger partial charge < -0.3 is 15.0 Å². The van der Waals surface area contributed by atoms with Crippen LogP contribution in [-0.4, -0.2) is 36.0 Å². The monoisotopic (exact) mass is 419 g/mol. The Balaban J connectivity index is 1.46. The normalized spacial score (nSPS) is 16.4. The number of ether oxygens (including phenoxy) is 1. The van der Waals surface area contributed by atoms with Crippen molar-refractivity contribution >= 4 is 23.4 Å². The zero-order valence-corrected chi connectivity index (χ0v) is 17.7. The summed E-state index contributed by atoms with van der Waals surface area (Å²) in [6, 6.07) is 6.88. The standard InChI is InChI=1S/C25H26FN3O2/c1-17-8-10-20-15-18(16-27-25(20)28-17)9-11-23(30)29-13-4-5-19(12-14-29)24-21(26)6-3-7-22(24)31-2/h3,6-7,9,11-12,15-16H,1,4-5,8,10,13-14H2,2H3,(H,27,28)/b11-9+. The Labute approximate surface area is 181 Å². The van der Waals surface area contributed by atoms with Crippen molar-refractivity contribution in [3.63, 3.8) is 0 Å². The van der Waals surface area contributed by atoms with Crippen LogP contribution in [0.2, 0.25) is 0 Å². The number of nitrogens with zero attached hydrogens (tertiary/aromatic N) is 2. The second-order valence-electron chi connectivity index (χ2n) is 7.77. The van der Waals surface area contributed by atoms with Crippen LogP contribution < -0.4 is 10.1 Å². The highest BCUT2D eigenvalue weighted by Crippen LogP contribution is 2.32. The highest BCUT2D eigenvalue weighted by molar-refractivity contribution is 5.92. The van der Waals surface area contributed by atoms with E-state index in [1.807, 2.05) is 6.08 Å². The summed E-state index contributed by atoms with van der Waals surface area (Å²) in [5.74, 6) is 0.989. The Morgan fingerprint density at radius 1 is 1.32 bits per heavy atom. The molecule has 2 aromatic rings. The zero-order valence-electron chi connectivity index (χ0n) is 17.7. The minimum Gasteiger partial charge on any atom is -0.496 e. The lowest BCUT2D eigenvalue weighted by atomic mass is 10.00. The molecule has 4 rings (SSSR count). The number of aryl methyl sites for hydroxylation is 1. The number of nitrogens with one attached hydrogen (secondary N) is 1. The van der Waals surface area contributed by atoms with E-state index in [0.717, 1.165) is 47.5 Å². The molecule has 1 aromatic carbocycles. The molecule has 0 unspecified atom stereocenters. The molecule has 6 heteroatoms. The lowest BCUT2D eigenvalue weighted by Crippen LogP contribution is -2.29. The number of allylic oxidation sites excluding steroid dienone is 2. The van der Waals surface area contributed by atoms with E-state index in [1.54, 1.807) is 35.4 Å². The minimum absolute atomic E-state index is 0.0674. The van der Waals surface area contributed by atoms with Gasteiger partial charge in [0.15, 0.2) is 0 Å². The summed E-state index contributed by atoms with van der Waals surface area (Å²) in [6.07, 6.45) is 10.3. The molecule has 5 nitrogen and oxygen atoms in total. The van der Waals surface area contributed by atoms with Gasteiger partial charge in [-0.2, -0.15) is 0 Å². The summed E-state index contributed by atoms with van der Waals surface area (Å²) in [7, 11) is 1.54. The molecule has 2 aliphatic rings. The van der Waals surface area contributed by atoms with E-state index < -0.39 is 0 Å². The molecule has 0 bridgehead atoms. The average molecular weight is 420 g/mol. The molecule has 0 aliphatic carbocycles. The van der Waals surface area contributed by atoms with Crippen molar-refractivity contribution in [2.24, 2.45) is 0 Å². The molecule has 0 radical (unpaired) electrons. The molecule has 1 amide bonds. The molecule has 0 atom stereocenters. The number of rotatable bonds is 4. The number of hydrogen-bond donors (Lipinski definition) is 1. The molecule has 2 aliphatic heterocycles. The first-order chi connectivity index (χ1) is 15.0. The van der Waals surface area contributed by atoms with E-state index in [4.69, 9.17) is 4.74 Å². The van der Waals surface area contributed by atoms with Crippen LogP contribution in [0.5, 0.6) is 5.75 Å². The fourth-order valence-electron chi connectivity index (χ4n) is 4.00. The van der Waals surface area contributed by atoms with Gasteiger partial charge in [0, 0.05) is 31.1 Å². The van der Waals surface area contributed by atoms with Crippen molar-refractivity contribution in [3.05, 3.63) is 77.4 Å². The average Bonchev–Trinajstić information content (AvgIpc) is 3.03. The maximum absolute atomic E-state index is 14.4. The van der Waals surface area contributed by atoms with Gasteiger partial charge in [-0.15, -0.1) is 0 Å². The Morgan fingerprint density at radius 2 is 2.19 bits per heavy atom. The van der Waals surface area contributed by atoms with E-state index >= 15 is 0 Å².